The van der Waals surface area contributed by atoms with Gasteiger partial charge in [-0.25, -0.2) is 0 Å². The van der Waals surface area contributed by atoms with Crippen LogP contribution in [-0.4, -0.2) is 49.1 Å². The van der Waals surface area contributed by atoms with Crippen molar-refractivity contribution in [3.8, 4) is 0 Å². The maximum atomic E-state index is 11.4. The fourth-order valence-corrected chi connectivity index (χ4v) is 1.71. The molecule has 1 unspecified atom stereocenters. The molecule has 0 saturated heterocycles. The molecule has 0 aromatic heterocycles. The Morgan fingerprint density at radius 1 is 1.38 bits per heavy atom. The lowest BCUT2D eigenvalue weighted by molar-refractivity contribution is -0.120. The van der Waals surface area contributed by atoms with Gasteiger partial charge in [0.25, 0.3) is 0 Å². The van der Waals surface area contributed by atoms with Gasteiger partial charge in [0.15, 0.2) is 0 Å². The lowest BCUT2D eigenvalue weighted by Gasteiger charge is -2.23. The van der Waals surface area contributed by atoms with E-state index >= 15 is 0 Å². The Kier molecular flexibility index (Phi) is 5.77. The molecule has 4 nitrogen and oxygen atoms in total. The third-order valence-corrected chi connectivity index (χ3v) is 2.98. The zero-order valence-corrected chi connectivity index (χ0v) is 10.8. The molecule has 2 N–H and O–H groups in total. The quantitative estimate of drug-likeness (QED) is 0.638. The Balaban J connectivity index is 2.07. The van der Waals surface area contributed by atoms with Gasteiger partial charge in [-0.2, -0.15) is 0 Å². The van der Waals surface area contributed by atoms with Crippen molar-refractivity contribution in [2.24, 2.45) is 0 Å². The van der Waals surface area contributed by atoms with Crippen LogP contribution in [0.2, 0.25) is 0 Å². The molecule has 1 saturated carbocycles. The van der Waals surface area contributed by atoms with Crippen molar-refractivity contribution in [3.05, 3.63) is 0 Å². The molecule has 1 aliphatic rings. The van der Waals surface area contributed by atoms with E-state index in [0.29, 0.717) is 18.6 Å². The van der Waals surface area contributed by atoms with E-state index in [9.17, 15) is 4.79 Å². The van der Waals surface area contributed by atoms with E-state index in [0.717, 1.165) is 32.5 Å². The van der Waals surface area contributed by atoms with Crippen LogP contribution in [0.1, 0.15) is 33.6 Å². The number of carbonyl (C=O) groups excluding carboxylic acids is 1. The van der Waals surface area contributed by atoms with E-state index < -0.39 is 0 Å². The van der Waals surface area contributed by atoms with Crippen LogP contribution < -0.4 is 10.6 Å². The van der Waals surface area contributed by atoms with Gasteiger partial charge in [0.2, 0.25) is 5.91 Å². The van der Waals surface area contributed by atoms with Crippen LogP contribution >= 0.6 is 0 Å². The third kappa shape index (κ3) is 5.47. The van der Waals surface area contributed by atoms with Gasteiger partial charge in [0.05, 0.1) is 6.54 Å². The van der Waals surface area contributed by atoms with Gasteiger partial charge in [-0.1, -0.05) is 13.8 Å². The molecule has 1 amide bonds. The second-order valence-corrected chi connectivity index (χ2v) is 4.61. The Bertz CT molecular complexity index is 212. The Hall–Kier alpha value is -0.610. The highest BCUT2D eigenvalue weighted by molar-refractivity contribution is 5.78. The fraction of sp³-hybridized carbons (Fsp3) is 0.917. The molecule has 0 aromatic rings. The normalized spacial score (nSPS) is 17.5. The number of rotatable bonds is 8. The highest BCUT2D eigenvalue weighted by Gasteiger charge is 2.23. The summed E-state index contributed by atoms with van der Waals surface area (Å²) in [6, 6.07) is 0.831. The number of nitrogens with zero attached hydrogens (tertiary/aromatic N) is 1. The first kappa shape index (κ1) is 13.5. The summed E-state index contributed by atoms with van der Waals surface area (Å²) in [7, 11) is 0. The summed E-state index contributed by atoms with van der Waals surface area (Å²) in [4.78, 5) is 13.8. The van der Waals surface area contributed by atoms with E-state index in [1.807, 2.05) is 0 Å². The van der Waals surface area contributed by atoms with E-state index in [4.69, 9.17) is 0 Å². The van der Waals surface area contributed by atoms with Crippen LogP contribution in [-0.2, 0) is 4.79 Å². The molecule has 1 aliphatic carbocycles. The molecule has 1 atom stereocenters. The highest BCUT2D eigenvalue weighted by atomic mass is 16.2. The Morgan fingerprint density at radius 2 is 2.00 bits per heavy atom. The molecule has 16 heavy (non-hydrogen) atoms. The number of hydrogen-bond donors (Lipinski definition) is 2. The lowest BCUT2D eigenvalue weighted by Crippen LogP contribution is -2.44. The van der Waals surface area contributed by atoms with Gasteiger partial charge < -0.3 is 15.5 Å². The van der Waals surface area contributed by atoms with Crippen LogP contribution in [0.4, 0.5) is 0 Å². The molecule has 1 fully saturated rings. The van der Waals surface area contributed by atoms with Crippen molar-refractivity contribution in [3.63, 3.8) is 0 Å². The minimum atomic E-state index is 0.133. The summed E-state index contributed by atoms with van der Waals surface area (Å²) >= 11 is 0. The van der Waals surface area contributed by atoms with Gasteiger partial charge in [0.1, 0.15) is 0 Å². The zero-order chi connectivity index (χ0) is 12.0. The number of nitrogens with one attached hydrogen (secondary N) is 2. The second kappa shape index (κ2) is 6.86. The summed E-state index contributed by atoms with van der Waals surface area (Å²) in [5.74, 6) is 0.133. The molecular weight excluding hydrogens is 202 g/mol. The average Bonchev–Trinajstić information content (AvgIpc) is 3.07. The van der Waals surface area contributed by atoms with E-state index in [1.54, 1.807) is 0 Å². The van der Waals surface area contributed by atoms with Crippen molar-refractivity contribution in [1.29, 1.82) is 0 Å². The minimum Gasteiger partial charge on any atom is -0.352 e. The standard InChI is InChI=1S/C12H25N3O/c1-4-15(5-2)9-10(3)13-8-12(16)14-11-6-7-11/h10-11,13H,4-9H2,1-3H3,(H,14,16). The van der Waals surface area contributed by atoms with Gasteiger partial charge >= 0.3 is 0 Å². The summed E-state index contributed by atoms with van der Waals surface area (Å²) in [6.45, 7) is 10.0. The monoisotopic (exact) mass is 227 g/mol. The molecule has 1 rings (SSSR count). The largest absolute Gasteiger partial charge is 0.352 e. The predicted molar refractivity (Wildman–Crippen MR) is 66.4 cm³/mol. The average molecular weight is 227 g/mol. The lowest BCUT2D eigenvalue weighted by atomic mass is 10.3. The van der Waals surface area contributed by atoms with E-state index in [1.165, 1.54) is 0 Å². The zero-order valence-electron chi connectivity index (χ0n) is 10.8. The second-order valence-electron chi connectivity index (χ2n) is 4.61. The molecule has 0 aromatic carbocycles. The maximum Gasteiger partial charge on any atom is 0.234 e. The molecule has 0 radical (unpaired) electrons. The van der Waals surface area contributed by atoms with Crippen LogP contribution in [0.3, 0.4) is 0 Å². The van der Waals surface area contributed by atoms with Gasteiger partial charge in [-0.3, -0.25) is 4.79 Å². The van der Waals surface area contributed by atoms with Crippen LogP contribution in [0.5, 0.6) is 0 Å². The molecule has 0 heterocycles. The van der Waals surface area contributed by atoms with Crippen molar-refractivity contribution in [1.82, 2.24) is 15.5 Å². The molecule has 0 aliphatic heterocycles. The van der Waals surface area contributed by atoms with Crippen LogP contribution in [0, 0.1) is 0 Å². The molecule has 94 valence electrons. The summed E-state index contributed by atoms with van der Waals surface area (Å²) < 4.78 is 0. The van der Waals surface area contributed by atoms with Gasteiger partial charge in [0, 0.05) is 18.6 Å². The van der Waals surface area contributed by atoms with Gasteiger partial charge in [-0.15, -0.1) is 0 Å². The third-order valence-electron chi connectivity index (χ3n) is 2.98. The first-order valence-electron chi connectivity index (χ1n) is 6.40. The first-order valence-corrected chi connectivity index (χ1v) is 6.40. The highest BCUT2D eigenvalue weighted by Crippen LogP contribution is 2.18. The number of amides is 1. The Morgan fingerprint density at radius 3 is 2.50 bits per heavy atom. The van der Waals surface area contributed by atoms with E-state index in [-0.39, 0.29) is 5.91 Å². The predicted octanol–water partition coefficient (Wildman–Crippen LogP) is 0.585. The summed E-state index contributed by atoms with van der Waals surface area (Å²) in [5.41, 5.74) is 0. The maximum absolute atomic E-state index is 11.4. The topological polar surface area (TPSA) is 44.4 Å². The van der Waals surface area contributed by atoms with Crippen LogP contribution in [0.25, 0.3) is 0 Å². The van der Waals surface area contributed by atoms with Crippen molar-refractivity contribution >= 4 is 5.91 Å². The number of carbonyl (C=O) groups is 1. The van der Waals surface area contributed by atoms with E-state index in [2.05, 4.69) is 36.3 Å². The van der Waals surface area contributed by atoms with Gasteiger partial charge in [-0.05, 0) is 32.9 Å². The van der Waals surface area contributed by atoms with Crippen molar-refractivity contribution in [2.45, 2.75) is 45.7 Å². The minimum absolute atomic E-state index is 0.133. The van der Waals surface area contributed by atoms with Crippen molar-refractivity contribution in [2.75, 3.05) is 26.2 Å². The Labute approximate surface area is 98.8 Å². The molecular formula is C12H25N3O. The summed E-state index contributed by atoms with van der Waals surface area (Å²) in [6.07, 6.45) is 2.31. The number of hydrogen-bond acceptors (Lipinski definition) is 3. The van der Waals surface area contributed by atoms with Crippen molar-refractivity contribution < 1.29 is 4.79 Å². The summed E-state index contributed by atoms with van der Waals surface area (Å²) in [5, 5.41) is 6.24. The molecule has 0 bridgehead atoms. The smallest absolute Gasteiger partial charge is 0.234 e. The molecule has 0 spiro atoms. The molecule has 4 heteroatoms. The first-order chi connectivity index (χ1) is 7.65. The fourth-order valence-electron chi connectivity index (χ4n) is 1.71. The number of likely N-dealkylation sites (N-methyl/N-ethyl adjacent to an activating group) is 1. The SMILES string of the molecule is CCN(CC)CC(C)NCC(=O)NC1CC1. The van der Waals surface area contributed by atoms with Crippen LogP contribution in [0.15, 0.2) is 0 Å².